The maximum absolute atomic E-state index is 13.3. The fourth-order valence-corrected chi connectivity index (χ4v) is 4.63. The van der Waals surface area contributed by atoms with E-state index in [-0.39, 0.29) is 18.0 Å². The molecule has 0 aliphatic heterocycles. The molecule has 7 heteroatoms. The van der Waals surface area contributed by atoms with Gasteiger partial charge in [0.2, 0.25) is 15.9 Å². The standard InChI is InChI=1S/C23H23ClN2O3S/c1-17-7-6-8-18(2)23(17)25-22(27)16-26(15-19-9-4-3-5-10-19)30(28,29)21-13-11-20(24)12-14-21/h3-14H,15-16H2,1-2H3,(H,25,27). The lowest BCUT2D eigenvalue weighted by Gasteiger charge is -2.22. The summed E-state index contributed by atoms with van der Waals surface area (Å²) in [6.45, 7) is 3.56. The number of amides is 1. The zero-order valence-electron chi connectivity index (χ0n) is 16.8. The van der Waals surface area contributed by atoms with Crippen LogP contribution in [0.1, 0.15) is 16.7 Å². The van der Waals surface area contributed by atoms with Gasteiger partial charge in [0, 0.05) is 17.3 Å². The molecule has 0 radical (unpaired) electrons. The molecular formula is C23H23ClN2O3S. The molecule has 156 valence electrons. The number of carbonyl (C=O) groups excluding carboxylic acids is 1. The van der Waals surface area contributed by atoms with Gasteiger partial charge in [-0.2, -0.15) is 4.31 Å². The molecule has 3 aromatic rings. The Labute approximate surface area is 182 Å². The number of hydrogen-bond acceptors (Lipinski definition) is 3. The monoisotopic (exact) mass is 442 g/mol. The SMILES string of the molecule is Cc1cccc(C)c1NC(=O)CN(Cc1ccccc1)S(=O)(=O)c1ccc(Cl)cc1. The number of nitrogens with one attached hydrogen (secondary N) is 1. The highest BCUT2D eigenvalue weighted by molar-refractivity contribution is 7.89. The first kappa shape index (κ1) is 22.0. The van der Waals surface area contributed by atoms with Gasteiger partial charge in [-0.25, -0.2) is 8.42 Å². The molecule has 3 aromatic carbocycles. The second-order valence-electron chi connectivity index (χ2n) is 7.03. The Kier molecular flexibility index (Phi) is 6.92. The number of carbonyl (C=O) groups is 1. The lowest BCUT2D eigenvalue weighted by molar-refractivity contribution is -0.116. The number of halogens is 1. The van der Waals surface area contributed by atoms with Crippen molar-refractivity contribution in [2.75, 3.05) is 11.9 Å². The van der Waals surface area contributed by atoms with E-state index in [0.717, 1.165) is 16.7 Å². The van der Waals surface area contributed by atoms with E-state index < -0.39 is 15.9 Å². The zero-order valence-corrected chi connectivity index (χ0v) is 18.4. The van der Waals surface area contributed by atoms with Crippen LogP contribution >= 0.6 is 11.6 Å². The van der Waals surface area contributed by atoms with Crippen LogP contribution < -0.4 is 5.32 Å². The van der Waals surface area contributed by atoms with Gasteiger partial charge in [0.15, 0.2) is 0 Å². The van der Waals surface area contributed by atoms with E-state index >= 15 is 0 Å². The second-order valence-corrected chi connectivity index (χ2v) is 9.40. The summed E-state index contributed by atoms with van der Waals surface area (Å²) in [6.07, 6.45) is 0. The third-order valence-electron chi connectivity index (χ3n) is 4.72. The lowest BCUT2D eigenvalue weighted by Crippen LogP contribution is -2.37. The Bertz CT molecular complexity index is 1110. The van der Waals surface area contributed by atoms with Crippen LogP contribution in [0.2, 0.25) is 5.02 Å². The summed E-state index contributed by atoms with van der Waals surface area (Å²) in [5.74, 6) is -0.402. The molecule has 0 aromatic heterocycles. The highest BCUT2D eigenvalue weighted by Crippen LogP contribution is 2.22. The maximum atomic E-state index is 13.3. The van der Waals surface area contributed by atoms with Crippen LogP contribution in [-0.4, -0.2) is 25.2 Å². The molecule has 0 aliphatic rings. The van der Waals surface area contributed by atoms with Crippen molar-refractivity contribution in [3.8, 4) is 0 Å². The highest BCUT2D eigenvalue weighted by atomic mass is 35.5. The van der Waals surface area contributed by atoms with Crippen LogP contribution in [0, 0.1) is 13.8 Å². The Morgan fingerprint density at radius 2 is 1.50 bits per heavy atom. The van der Waals surface area contributed by atoms with E-state index in [2.05, 4.69) is 5.32 Å². The number of benzene rings is 3. The fraction of sp³-hybridized carbons (Fsp3) is 0.174. The zero-order chi connectivity index (χ0) is 21.7. The van der Waals surface area contributed by atoms with Gasteiger partial charge < -0.3 is 5.32 Å². The quantitative estimate of drug-likeness (QED) is 0.572. The van der Waals surface area contributed by atoms with Crippen LogP contribution in [0.15, 0.2) is 77.7 Å². The largest absolute Gasteiger partial charge is 0.324 e. The summed E-state index contributed by atoms with van der Waals surface area (Å²) in [4.78, 5) is 12.9. The Balaban J connectivity index is 1.89. The van der Waals surface area contributed by atoms with Crippen LogP contribution in [0.4, 0.5) is 5.69 Å². The lowest BCUT2D eigenvalue weighted by atomic mass is 10.1. The van der Waals surface area contributed by atoms with Crippen LogP contribution in [0.3, 0.4) is 0 Å². The first-order valence-corrected chi connectivity index (χ1v) is 11.2. The van der Waals surface area contributed by atoms with Crippen LogP contribution in [-0.2, 0) is 21.4 Å². The normalized spacial score (nSPS) is 11.5. The van der Waals surface area contributed by atoms with Crippen molar-refractivity contribution in [1.82, 2.24) is 4.31 Å². The summed E-state index contributed by atoms with van der Waals surface area (Å²) in [5, 5.41) is 3.30. The molecule has 0 saturated heterocycles. The van der Waals surface area contributed by atoms with Gasteiger partial charge in [-0.3, -0.25) is 4.79 Å². The van der Waals surface area contributed by atoms with E-state index in [1.165, 1.54) is 28.6 Å². The second kappa shape index (κ2) is 9.43. The van der Waals surface area contributed by atoms with E-state index in [1.54, 1.807) is 0 Å². The van der Waals surface area contributed by atoms with Gasteiger partial charge in [0.05, 0.1) is 11.4 Å². The average molecular weight is 443 g/mol. The van der Waals surface area contributed by atoms with Crippen molar-refractivity contribution in [1.29, 1.82) is 0 Å². The molecular weight excluding hydrogens is 420 g/mol. The van der Waals surface area contributed by atoms with Gasteiger partial charge in [-0.15, -0.1) is 0 Å². The minimum atomic E-state index is -3.91. The van der Waals surface area contributed by atoms with Crippen LogP contribution in [0.25, 0.3) is 0 Å². The predicted molar refractivity (Wildman–Crippen MR) is 120 cm³/mol. The number of anilines is 1. The molecule has 0 bridgehead atoms. The number of nitrogens with zero attached hydrogens (tertiary/aromatic N) is 1. The van der Waals surface area contributed by atoms with E-state index in [4.69, 9.17) is 11.6 Å². The molecule has 0 aliphatic carbocycles. The number of hydrogen-bond donors (Lipinski definition) is 1. The molecule has 0 saturated carbocycles. The molecule has 0 fully saturated rings. The van der Waals surface area contributed by atoms with Crippen molar-refractivity contribution in [2.45, 2.75) is 25.3 Å². The van der Waals surface area contributed by atoms with Gasteiger partial charge in [-0.05, 0) is 54.8 Å². The number of para-hydroxylation sites is 1. The molecule has 0 heterocycles. The summed E-state index contributed by atoms with van der Waals surface area (Å²) in [5.41, 5.74) is 3.32. The minimum absolute atomic E-state index is 0.0754. The average Bonchev–Trinajstić information content (AvgIpc) is 2.71. The summed E-state index contributed by atoms with van der Waals surface area (Å²) < 4.78 is 27.7. The first-order valence-electron chi connectivity index (χ1n) is 9.43. The van der Waals surface area contributed by atoms with Crippen molar-refractivity contribution in [3.05, 3.63) is 94.5 Å². The van der Waals surface area contributed by atoms with Gasteiger partial charge >= 0.3 is 0 Å². The van der Waals surface area contributed by atoms with Crippen molar-refractivity contribution >= 4 is 33.2 Å². The molecule has 0 spiro atoms. The topological polar surface area (TPSA) is 66.5 Å². The molecule has 1 N–H and O–H groups in total. The van der Waals surface area contributed by atoms with Crippen molar-refractivity contribution in [2.24, 2.45) is 0 Å². The first-order chi connectivity index (χ1) is 14.3. The highest BCUT2D eigenvalue weighted by Gasteiger charge is 2.27. The van der Waals surface area contributed by atoms with Gasteiger partial charge in [-0.1, -0.05) is 60.1 Å². The van der Waals surface area contributed by atoms with Crippen molar-refractivity contribution < 1.29 is 13.2 Å². The van der Waals surface area contributed by atoms with E-state index in [9.17, 15) is 13.2 Å². The smallest absolute Gasteiger partial charge is 0.243 e. The number of aryl methyl sites for hydroxylation is 2. The number of rotatable bonds is 7. The van der Waals surface area contributed by atoms with E-state index in [1.807, 2.05) is 62.4 Å². The molecule has 0 unspecified atom stereocenters. The maximum Gasteiger partial charge on any atom is 0.243 e. The third kappa shape index (κ3) is 5.27. The molecule has 30 heavy (non-hydrogen) atoms. The Morgan fingerprint density at radius 1 is 0.900 bits per heavy atom. The molecule has 5 nitrogen and oxygen atoms in total. The summed E-state index contributed by atoms with van der Waals surface area (Å²) >= 11 is 5.90. The van der Waals surface area contributed by atoms with E-state index in [0.29, 0.717) is 10.7 Å². The van der Waals surface area contributed by atoms with Gasteiger partial charge in [0.1, 0.15) is 0 Å². The molecule has 1 amide bonds. The third-order valence-corrected chi connectivity index (χ3v) is 6.78. The Hall–Kier alpha value is -2.67. The fourth-order valence-electron chi connectivity index (χ4n) is 3.12. The summed E-state index contributed by atoms with van der Waals surface area (Å²) in [6, 6.07) is 20.8. The molecule has 3 rings (SSSR count). The van der Waals surface area contributed by atoms with Crippen LogP contribution in [0.5, 0.6) is 0 Å². The predicted octanol–water partition coefficient (Wildman–Crippen LogP) is 4.79. The summed E-state index contributed by atoms with van der Waals surface area (Å²) in [7, 11) is -3.91. The minimum Gasteiger partial charge on any atom is -0.324 e. The molecule has 0 atom stereocenters. The Morgan fingerprint density at radius 3 is 2.10 bits per heavy atom. The number of sulfonamides is 1. The van der Waals surface area contributed by atoms with Gasteiger partial charge in [0.25, 0.3) is 0 Å². The van der Waals surface area contributed by atoms with Crippen molar-refractivity contribution in [3.63, 3.8) is 0 Å².